The summed E-state index contributed by atoms with van der Waals surface area (Å²) in [5, 5.41) is 0.796. The maximum Gasteiger partial charge on any atom is 0.179 e. The number of rotatable bonds is 2. The summed E-state index contributed by atoms with van der Waals surface area (Å²) in [6.45, 7) is 0. The number of alkyl halides is 1. The Morgan fingerprint density at radius 2 is 2.43 bits per heavy atom. The molecule has 5 heteroatoms. The summed E-state index contributed by atoms with van der Waals surface area (Å²) >= 11 is 8.79. The zero-order valence-electron chi connectivity index (χ0n) is 7.05. The van der Waals surface area contributed by atoms with Crippen molar-refractivity contribution in [2.45, 2.75) is 0 Å². The molecule has 2 aromatic rings. The van der Waals surface area contributed by atoms with Crippen LogP contribution in [0.3, 0.4) is 0 Å². The van der Waals surface area contributed by atoms with Crippen molar-refractivity contribution in [2.24, 2.45) is 0 Å². The van der Waals surface area contributed by atoms with Crippen LogP contribution in [0.25, 0.3) is 11.0 Å². The highest BCUT2D eigenvalue weighted by atomic mass is 79.9. The van der Waals surface area contributed by atoms with Crippen LogP contribution in [0.4, 0.5) is 0 Å². The van der Waals surface area contributed by atoms with E-state index in [2.05, 4.69) is 25.9 Å². The lowest BCUT2D eigenvalue weighted by molar-refractivity contribution is 0.102. The first kappa shape index (κ1) is 9.68. The molecule has 0 atom stereocenters. The van der Waals surface area contributed by atoms with E-state index in [9.17, 15) is 4.79 Å². The summed E-state index contributed by atoms with van der Waals surface area (Å²) in [6, 6.07) is 1.85. The fourth-order valence-corrected chi connectivity index (χ4v) is 1.76. The third-order valence-corrected chi connectivity index (χ3v) is 2.60. The SMILES string of the molecule is O=C(CCl)c1c[nH]c2ncc(Br)cc12. The van der Waals surface area contributed by atoms with Gasteiger partial charge in [0, 0.05) is 27.8 Å². The number of H-pyrrole nitrogens is 1. The number of hydrogen-bond acceptors (Lipinski definition) is 2. The number of pyridine rings is 1. The van der Waals surface area contributed by atoms with E-state index in [0.717, 1.165) is 9.86 Å². The Labute approximate surface area is 93.6 Å². The third-order valence-electron chi connectivity index (χ3n) is 1.92. The van der Waals surface area contributed by atoms with Crippen LogP contribution in [0.1, 0.15) is 10.4 Å². The molecule has 2 rings (SSSR count). The fraction of sp³-hybridized carbons (Fsp3) is 0.111. The molecule has 0 unspecified atom stereocenters. The summed E-state index contributed by atoms with van der Waals surface area (Å²) < 4.78 is 0.841. The zero-order chi connectivity index (χ0) is 10.1. The highest BCUT2D eigenvalue weighted by Gasteiger charge is 2.11. The molecule has 0 bridgehead atoms. The van der Waals surface area contributed by atoms with Gasteiger partial charge in [0.2, 0.25) is 0 Å². The average Bonchev–Trinajstić information content (AvgIpc) is 2.59. The summed E-state index contributed by atoms with van der Waals surface area (Å²) in [5.41, 5.74) is 1.28. The van der Waals surface area contributed by atoms with Crippen molar-refractivity contribution in [3.8, 4) is 0 Å². The highest BCUT2D eigenvalue weighted by molar-refractivity contribution is 9.10. The normalized spacial score (nSPS) is 10.7. The van der Waals surface area contributed by atoms with Gasteiger partial charge in [-0.1, -0.05) is 0 Å². The Kier molecular flexibility index (Phi) is 2.56. The molecule has 0 amide bonds. The first-order chi connectivity index (χ1) is 6.72. The van der Waals surface area contributed by atoms with Crippen LogP contribution >= 0.6 is 27.5 Å². The van der Waals surface area contributed by atoms with E-state index < -0.39 is 0 Å². The molecular weight excluding hydrogens is 267 g/mol. The van der Waals surface area contributed by atoms with E-state index in [4.69, 9.17) is 11.6 Å². The van der Waals surface area contributed by atoms with Crippen LogP contribution < -0.4 is 0 Å². The second-order valence-electron chi connectivity index (χ2n) is 2.81. The van der Waals surface area contributed by atoms with E-state index >= 15 is 0 Å². The Balaban J connectivity index is 2.67. The topological polar surface area (TPSA) is 45.8 Å². The number of fused-ring (bicyclic) bond motifs is 1. The Hall–Kier alpha value is -0.870. The fourth-order valence-electron chi connectivity index (χ4n) is 1.28. The maximum absolute atomic E-state index is 11.4. The molecule has 0 aliphatic rings. The van der Waals surface area contributed by atoms with Gasteiger partial charge in [0.1, 0.15) is 5.65 Å². The van der Waals surface area contributed by atoms with Gasteiger partial charge in [-0.2, -0.15) is 0 Å². The first-order valence-corrected chi connectivity index (χ1v) is 5.27. The molecule has 0 saturated heterocycles. The van der Waals surface area contributed by atoms with Crippen molar-refractivity contribution in [3.63, 3.8) is 0 Å². The highest BCUT2D eigenvalue weighted by Crippen LogP contribution is 2.21. The summed E-state index contributed by atoms with van der Waals surface area (Å²) in [6.07, 6.45) is 3.31. The van der Waals surface area contributed by atoms with Crippen LogP contribution in [-0.4, -0.2) is 21.6 Å². The lowest BCUT2D eigenvalue weighted by atomic mass is 10.1. The van der Waals surface area contributed by atoms with E-state index in [1.54, 1.807) is 12.4 Å². The largest absolute Gasteiger partial charge is 0.345 e. The number of aromatic nitrogens is 2. The monoisotopic (exact) mass is 272 g/mol. The number of Topliss-reactive ketones (excluding diaryl/α,β-unsaturated/α-hetero) is 1. The Bertz CT molecular complexity index is 495. The van der Waals surface area contributed by atoms with Crippen molar-refractivity contribution in [1.29, 1.82) is 0 Å². The lowest BCUT2D eigenvalue weighted by Gasteiger charge is -1.94. The van der Waals surface area contributed by atoms with Crippen LogP contribution in [0, 0.1) is 0 Å². The number of nitrogens with one attached hydrogen (secondary N) is 1. The molecule has 0 aliphatic carbocycles. The number of hydrogen-bond donors (Lipinski definition) is 1. The van der Waals surface area contributed by atoms with Gasteiger partial charge in [0.05, 0.1) is 5.88 Å². The summed E-state index contributed by atoms with van der Waals surface area (Å²) in [7, 11) is 0. The smallest absolute Gasteiger partial charge is 0.179 e. The molecule has 1 N–H and O–H groups in total. The van der Waals surface area contributed by atoms with E-state index in [1.807, 2.05) is 6.07 Å². The van der Waals surface area contributed by atoms with Gasteiger partial charge in [-0.25, -0.2) is 4.98 Å². The van der Waals surface area contributed by atoms with Gasteiger partial charge >= 0.3 is 0 Å². The number of aromatic amines is 1. The second kappa shape index (κ2) is 3.71. The Morgan fingerprint density at radius 1 is 1.64 bits per heavy atom. The number of nitrogens with zero attached hydrogens (tertiary/aromatic N) is 1. The zero-order valence-corrected chi connectivity index (χ0v) is 9.39. The van der Waals surface area contributed by atoms with Crippen molar-refractivity contribution in [3.05, 3.63) is 28.5 Å². The molecule has 2 heterocycles. The molecule has 0 aliphatic heterocycles. The molecule has 0 radical (unpaired) electrons. The predicted molar refractivity (Wildman–Crippen MR) is 58.8 cm³/mol. The average molecular weight is 274 g/mol. The van der Waals surface area contributed by atoms with E-state index in [-0.39, 0.29) is 11.7 Å². The van der Waals surface area contributed by atoms with Gasteiger partial charge < -0.3 is 4.98 Å². The minimum atomic E-state index is -0.0992. The van der Waals surface area contributed by atoms with Gasteiger partial charge in [-0.15, -0.1) is 11.6 Å². The molecule has 14 heavy (non-hydrogen) atoms. The molecule has 0 aromatic carbocycles. The summed E-state index contributed by atoms with van der Waals surface area (Å²) in [5.74, 6) is -0.114. The van der Waals surface area contributed by atoms with Gasteiger partial charge in [0.15, 0.2) is 5.78 Å². The molecule has 3 nitrogen and oxygen atoms in total. The van der Waals surface area contributed by atoms with E-state index in [0.29, 0.717) is 11.2 Å². The number of ketones is 1. The van der Waals surface area contributed by atoms with E-state index in [1.165, 1.54) is 0 Å². The molecule has 72 valence electrons. The minimum absolute atomic E-state index is 0.0144. The predicted octanol–water partition coefficient (Wildman–Crippen LogP) is 2.75. The first-order valence-electron chi connectivity index (χ1n) is 3.94. The second-order valence-corrected chi connectivity index (χ2v) is 3.99. The number of carbonyl (C=O) groups excluding carboxylic acids is 1. The van der Waals surface area contributed by atoms with Crippen LogP contribution in [0.15, 0.2) is 22.9 Å². The molecule has 0 spiro atoms. The van der Waals surface area contributed by atoms with Crippen molar-refractivity contribution >= 4 is 44.3 Å². The molecule has 2 aromatic heterocycles. The number of carbonyl (C=O) groups is 1. The van der Waals surface area contributed by atoms with Crippen molar-refractivity contribution in [1.82, 2.24) is 9.97 Å². The third kappa shape index (κ3) is 1.55. The van der Waals surface area contributed by atoms with Gasteiger partial charge in [-0.05, 0) is 22.0 Å². The van der Waals surface area contributed by atoms with Crippen molar-refractivity contribution in [2.75, 3.05) is 5.88 Å². The lowest BCUT2D eigenvalue weighted by Crippen LogP contribution is -1.98. The number of halogens is 2. The summed E-state index contributed by atoms with van der Waals surface area (Å²) in [4.78, 5) is 18.4. The Morgan fingerprint density at radius 3 is 3.14 bits per heavy atom. The quantitative estimate of drug-likeness (QED) is 0.675. The molecule has 0 fully saturated rings. The maximum atomic E-state index is 11.4. The molecule has 0 saturated carbocycles. The van der Waals surface area contributed by atoms with Crippen molar-refractivity contribution < 1.29 is 4.79 Å². The van der Waals surface area contributed by atoms with Crippen LogP contribution in [0.5, 0.6) is 0 Å². The van der Waals surface area contributed by atoms with Crippen LogP contribution in [0.2, 0.25) is 0 Å². The van der Waals surface area contributed by atoms with Crippen LogP contribution in [-0.2, 0) is 0 Å². The standard InChI is InChI=1S/C9H6BrClN2O/c10-5-1-6-7(8(14)2-11)4-13-9(6)12-3-5/h1,3-4H,2H2,(H,12,13). The minimum Gasteiger partial charge on any atom is -0.345 e. The molecular formula is C9H6BrClN2O. The van der Waals surface area contributed by atoms with Gasteiger partial charge in [0.25, 0.3) is 0 Å². The van der Waals surface area contributed by atoms with Gasteiger partial charge in [-0.3, -0.25) is 4.79 Å².